The van der Waals surface area contributed by atoms with Gasteiger partial charge in [-0.3, -0.25) is 9.78 Å². The Morgan fingerprint density at radius 3 is 2.95 bits per heavy atom. The van der Waals surface area contributed by atoms with Crippen molar-refractivity contribution >= 4 is 17.4 Å². The predicted octanol–water partition coefficient (Wildman–Crippen LogP) is 1.70. The Hall–Kier alpha value is -2.47. The van der Waals surface area contributed by atoms with Crippen LogP contribution in [0, 0.1) is 0 Å². The third kappa shape index (κ3) is 4.25. The number of hydrogen-bond donors (Lipinski definition) is 3. The van der Waals surface area contributed by atoms with Crippen LogP contribution in [0.25, 0.3) is 0 Å². The molecule has 0 spiro atoms. The lowest BCUT2D eigenvalue weighted by Crippen LogP contribution is -2.15. The Morgan fingerprint density at radius 1 is 1.33 bits per heavy atom. The molecule has 1 aromatic carbocycles. The molecule has 1 aromatic heterocycles. The molecule has 0 bridgehead atoms. The van der Waals surface area contributed by atoms with Gasteiger partial charge < -0.3 is 15.7 Å². The third-order valence-electron chi connectivity index (χ3n) is 2.93. The lowest BCUT2D eigenvalue weighted by Gasteiger charge is -2.07. The minimum atomic E-state index is -0.307. The van der Waals surface area contributed by atoms with E-state index in [0.717, 1.165) is 12.0 Å². The van der Waals surface area contributed by atoms with Crippen molar-refractivity contribution in [3.8, 4) is 0 Å². The van der Waals surface area contributed by atoms with Crippen molar-refractivity contribution < 1.29 is 9.90 Å². The molecule has 6 heteroatoms. The van der Waals surface area contributed by atoms with E-state index in [1.165, 1.54) is 6.20 Å². The quantitative estimate of drug-likeness (QED) is 0.752. The summed E-state index contributed by atoms with van der Waals surface area (Å²) in [5.74, 6) is 0.234. The van der Waals surface area contributed by atoms with E-state index in [4.69, 9.17) is 5.11 Å². The molecule has 0 aliphatic rings. The van der Waals surface area contributed by atoms with E-state index in [2.05, 4.69) is 20.6 Å². The molecule has 0 aliphatic heterocycles. The van der Waals surface area contributed by atoms with Gasteiger partial charge in [0.25, 0.3) is 5.91 Å². The van der Waals surface area contributed by atoms with Crippen molar-refractivity contribution in [1.29, 1.82) is 0 Å². The highest BCUT2D eigenvalue weighted by atomic mass is 16.2. The molecule has 0 aliphatic carbocycles. The molecule has 0 radical (unpaired) electrons. The van der Waals surface area contributed by atoms with Gasteiger partial charge in [-0.1, -0.05) is 12.1 Å². The number of nitrogens with zero attached hydrogens (tertiary/aromatic N) is 2. The first-order valence-corrected chi connectivity index (χ1v) is 6.74. The zero-order chi connectivity index (χ0) is 15.1. The third-order valence-corrected chi connectivity index (χ3v) is 2.93. The van der Waals surface area contributed by atoms with E-state index in [-0.39, 0.29) is 18.2 Å². The van der Waals surface area contributed by atoms with Crippen LogP contribution in [0.5, 0.6) is 0 Å². The van der Waals surface area contributed by atoms with Crippen LogP contribution >= 0.6 is 0 Å². The van der Waals surface area contributed by atoms with Crippen molar-refractivity contribution in [2.24, 2.45) is 0 Å². The number of nitrogens with one attached hydrogen (secondary N) is 2. The molecule has 2 aromatic rings. The highest BCUT2D eigenvalue weighted by Crippen LogP contribution is 2.13. The first-order valence-electron chi connectivity index (χ1n) is 6.74. The maximum absolute atomic E-state index is 12.1. The van der Waals surface area contributed by atoms with Gasteiger partial charge in [-0.2, -0.15) is 0 Å². The Morgan fingerprint density at radius 2 is 2.19 bits per heavy atom. The summed E-state index contributed by atoms with van der Waals surface area (Å²) in [5.41, 5.74) is 2.02. The number of aliphatic hydroxyl groups is 1. The van der Waals surface area contributed by atoms with Crippen LogP contribution in [0.15, 0.2) is 36.7 Å². The number of aliphatic hydroxyl groups excluding tert-OH is 1. The first kappa shape index (κ1) is 14.9. The summed E-state index contributed by atoms with van der Waals surface area (Å²) >= 11 is 0. The van der Waals surface area contributed by atoms with Gasteiger partial charge in [0.15, 0.2) is 0 Å². The maximum Gasteiger partial charge on any atom is 0.275 e. The summed E-state index contributed by atoms with van der Waals surface area (Å²) in [6.45, 7) is 0.156. The number of aryl methyl sites for hydroxylation is 1. The van der Waals surface area contributed by atoms with Crippen molar-refractivity contribution in [1.82, 2.24) is 9.97 Å². The molecule has 0 atom stereocenters. The van der Waals surface area contributed by atoms with E-state index >= 15 is 0 Å². The minimum absolute atomic E-state index is 0.156. The number of carbonyl (C=O) groups excluding carboxylic acids is 1. The molecule has 1 amide bonds. The molecule has 0 unspecified atom stereocenters. The van der Waals surface area contributed by atoms with E-state index < -0.39 is 0 Å². The largest absolute Gasteiger partial charge is 0.396 e. The maximum atomic E-state index is 12.1. The predicted molar refractivity (Wildman–Crippen MR) is 81.4 cm³/mol. The van der Waals surface area contributed by atoms with Crippen LogP contribution < -0.4 is 10.6 Å². The summed E-state index contributed by atoms with van der Waals surface area (Å²) in [7, 11) is 1.72. The highest BCUT2D eigenvalue weighted by Gasteiger charge is 2.09. The molecule has 1 heterocycles. The fourth-order valence-electron chi connectivity index (χ4n) is 1.88. The van der Waals surface area contributed by atoms with Crippen molar-refractivity contribution in [2.45, 2.75) is 12.8 Å². The number of aromatic nitrogens is 2. The number of anilines is 2. The van der Waals surface area contributed by atoms with Crippen LogP contribution in [-0.2, 0) is 6.42 Å². The summed E-state index contributed by atoms with van der Waals surface area (Å²) < 4.78 is 0. The first-order chi connectivity index (χ1) is 10.2. The van der Waals surface area contributed by atoms with Crippen LogP contribution in [0.4, 0.5) is 11.5 Å². The molecule has 0 fully saturated rings. The van der Waals surface area contributed by atoms with Crippen LogP contribution in [0.3, 0.4) is 0 Å². The van der Waals surface area contributed by atoms with Gasteiger partial charge in [-0.05, 0) is 30.5 Å². The molecule has 0 saturated carbocycles. The Labute approximate surface area is 123 Å². The molecule has 21 heavy (non-hydrogen) atoms. The molecular weight excluding hydrogens is 268 g/mol. The normalized spacial score (nSPS) is 10.2. The zero-order valence-corrected chi connectivity index (χ0v) is 11.8. The second kappa shape index (κ2) is 7.35. The second-order valence-electron chi connectivity index (χ2n) is 4.52. The minimum Gasteiger partial charge on any atom is -0.396 e. The number of amides is 1. The molecule has 3 N–H and O–H groups in total. The fourth-order valence-corrected chi connectivity index (χ4v) is 1.88. The molecule has 2 rings (SSSR count). The molecule has 6 nitrogen and oxygen atoms in total. The highest BCUT2D eigenvalue weighted by molar-refractivity contribution is 6.02. The lowest BCUT2D eigenvalue weighted by atomic mass is 10.1. The summed E-state index contributed by atoms with van der Waals surface area (Å²) in [5, 5.41) is 14.5. The Kier molecular flexibility index (Phi) is 5.22. The number of hydrogen-bond acceptors (Lipinski definition) is 5. The van der Waals surface area contributed by atoms with Crippen molar-refractivity contribution in [3.05, 3.63) is 47.9 Å². The van der Waals surface area contributed by atoms with E-state index in [9.17, 15) is 4.79 Å². The molecular formula is C15H18N4O2. The average molecular weight is 286 g/mol. The number of rotatable bonds is 6. The van der Waals surface area contributed by atoms with Gasteiger partial charge in [-0.15, -0.1) is 0 Å². The van der Waals surface area contributed by atoms with Gasteiger partial charge in [0, 0.05) is 19.3 Å². The van der Waals surface area contributed by atoms with Gasteiger partial charge in [0.05, 0.1) is 12.4 Å². The standard InChI is InChI=1S/C15H18N4O2/c1-16-14-10-17-9-13(19-14)15(21)18-12-6-2-4-11(8-12)5-3-7-20/h2,4,6,8-10,20H,3,5,7H2,1H3,(H,16,19)(H,18,21). The lowest BCUT2D eigenvalue weighted by molar-refractivity contribution is 0.102. The number of carbonyl (C=O) groups is 1. The SMILES string of the molecule is CNc1cncc(C(=O)Nc2cccc(CCCO)c2)n1. The van der Waals surface area contributed by atoms with E-state index in [1.807, 2.05) is 24.3 Å². The second-order valence-corrected chi connectivity index (χ2v) is 4.52. The topological polar surface area (TPSA) is 87.1 Å². The van der Waals surface area contributed by atoms with Gasteiger partial charge in [-0.25, -0.2) is 4.98 Å². The van der Waals surface area contributed by atoms with Crippen molar-refractivity contribution in [3.63, 3.8) is 0 Å². The summed E-state index contributed by atoms with van der Waals surface area (Å²) in [6.07, 6.45) is 4.44. The van der Waals surface area contributed by atoms with Gasteiger partial charge in [0.1, 0.15) is 11.5 Å². The van der Waals surface area contributed by atoms with Crippen LogP contribution in [0.2, 0.25) is 0 Å². The summed E-state index contributed by atoms with van der Waals surface area (Å²) in [4.78, 5) is 20.2. The zero-order valence-electron chi connectivity index (χ0n) is 11.8. The van der Waals surface area contributed by atoms with Crippen LogP contribution in [-0.4, -0.2) is 34.6 Å². The number of benzene rings is 1. The van der Waals surface area contributed by atoms with Gasteiger partial charge >= 0.3 is 0 Å². The van der Waals surface area contributed by atoms with Crippen LogP contribution in [0.1, 0.15) is 22.5 Å². The monoisotopic (exact) mass is 286 g/mol. The fraction of sp³-hybridized carbons (Fsp3) is 0.267. The molecule has 0 saturated heterocycles. The van der Waals surface area contributed by atoms with E-state index in [0.29, 0.717) is 17.9 Å². The Balaban J connectivity index is 2.08. The van der Waals surface area contributed by atoms with Crippen molar-refractivity contribution in [2.75, 3.05) is 24.3 Å². The van der Waals surface area contributed by atoms with E-state index in [1.54, 1.807) is 13.2 Å². The van der Waals surface area contributed by atoms with Gasteiger partial charge in [0.2, 0.25) is 0 Å². The average Bonchev–Trinajstić information content (AvgIpc) is 2.53. The summed E-state index contributed by atoms with van der Waals surface area (Å²) in [6, 6.07) is 7.55. The molecule has 110 valence electrons. The smallest absolute Gasteiger partial charge is 0.275 e. The Bertz CT molecular complexity index is 616.